The van der Waals surface area contributed by atoms with E-state index < -0.39 is 11.9 Å². The number of ether oxygens (including phenoxy) is 1. The van der Waals surface area contributed by atoms with Crippen LogP contribution in [0.1, 0.15) is 31.5 Å². The van der Waals surface area contributed by atoms with Crippen molar-refractivity contribution in [1.29, 1.82) is 0 Å². The molecule has 1 fully saturated rings. The number of fused-ring (bicyclic) bond motifs is 1. The van der Waals surface area contributed by atoms with E-state index >= 15 is 0 Å². The number of anilines is 1. The summed E-state index contributed by atoms with van der Waals surface area (Å²) >= 11 is 1.33. The number of benzene rings is 2. The highest BCUT2D eigenvalue weighted by Crippen LogP contribution is 2.40. The molecule has 1 aromatic heterocycles. The van der Waals surface area contributed by atoms with E-state index in [0.717, 1.165) is 34.6 Å². The van der Waals surface area contributed by atoms with Crippen molar-refractivity contribution in [3.05, 3.63) is 54.4 Å². The average Bonchev–Trinajstić information content (AvgIpc) is 3.54. The lowest BCUT2D eigenvalue weighted by Gasteiger charge is -2.15. The first-order valence-corrected chi connectivity index (χ1v) is 10.2. The van der Waals surface area contributed by atoms with Crippen LogP contribution >= 0.6 is 11.8 Å². The van der Waals surface area contributed by atoms with Crippen LogP contribution in [0.3, 0.4) is 0 Å². The minimum Gasteiger partial charge on any atom is -0.433 e. The summed E-state index contributed by atoms with van der Waals surface area (Å²) in [5, 5.41) is 3.81. The zero-order chi connectivity index (χ0) is 20.4. The number of hydrogen-bond donors (Lipinski definition) is 1. The largest absolute Gasteiger partial charge is 0.433 e. The number of aromatic nitrogens is 2. The van der Waals surface area contributed by atoms with Crippen LogP contribution in [0.15, 0.2) is 53.6 Å². The van der Waals surface area contributed by atoms with Crippen molar-refractivity contribution in [2.75, 3.05) is 5.32 Å². The molecular weight excluding hydrogens is 396 g/mol. The van der Waals surface area contributed by atoms with Gasteiger partial charge in [-0.2, -0.15) is 8.78 Å². The number of para-hydroxylation sites is 3. The van der Waals surface area contributed by atoms with Gasteiger partial charge >= 0.3 is 6.61 Å². The molecule has 1 atom stereocenters. The molecule has 150 valence electrons. The summed E-state index contributed by atoms with van der Waals surface area (Å²) in [6.45, 7) is -1.21. The highest BCUT2D eigenvalue weighted by molar-refractivity contribution is 8.00. The van der Waals surface area contributed by atoms with Crippen LogP contribution in [0.4, 0.5) is 14.5 Å². The van der Waals surface area contributed by atoms with E-state index in [0.29, 0.717) is 5.92 Å². The Kier molecular flexibility index (Phi) is 5.62. The molecular formula is C21H19F2N3O2S. The van der Waals surface area contributed by atoms with Gasteiger partial charge in [-0.15, -0.1) is 0 Å². The van der Waals surface area contributed by atoms with Crippen LogP contribution < -0.4 is 10.1 Å². The van der Waals surface area contributed by atoms with Crippen LogP contribution in [0.25, 0.3) is 10.9 Å². The smallest absolute Gasteiger partial charge is 0.387 e. The first kappa shape index (κ1) is 19.6. The SMILES string of the molecule is CC(Sc1nc(C2CC2)nc2ccccc12)C(=O)Nc1ccccc1OC(F)F. The van der Waals surface area contributed by atoms with Gasteiger partial charge in [0.25, 0.3) is 0 Å². The Hall–Kier alpha value is -2.74. The summed E-state index contributed by atoms with van der Waals surface area (Å²) in [7, 11) is 0. The van der Waals surface area contributed by atoms with E-state index in [2.05, 4.69) is 15.0 Å². The number of carbonyl (C=O) groups excluding carboxylic acids is 1. The predicted octanol–water partition coefficient (Wildman–Crippen LogP) is 5.23. The molecule has 4 rings (SSSR count). The molecule has 0 bridgehead atoms. The van der Waals surface area contributed by atoms with E-state index in [1.807, 2.05) is 24.3 Å². The minimum absolute atomic E-state index is 0.0726. The maximum Gasteiger partial charge on any atom is 0.387 e. The van der Waals surface area contributed by atoms with Crippen molar-refractivity contribution >= 4 is 34.3 Å². The molecule has 5 nitrogen and oxygen atoms in total. The quantitative estimate of drug-likeness (QED) is 0.423. The molecule has 1 N–H and O–H groups in total. The third-order valence-corrected chi connectivity index (χ3v) is 5.65. The average molecular weight is 415 g/mol. The third kappa shape index (κ3) is 4.64. The van der Waals surface area contributed by atoms with E-state index in [4.69, 9.17) is 4.98 Å². The third-order valence-electron chi connectivity index (χ3n) is 4.55. The summed E-state index contributed by atoms with van der Waals surface area (Å²) in [6.07, 6.45) is 2.17. The van der Waals surface area contributed by atoms with Gasteiger partial charge in [-0.25, -0.2) is 9.97 Å². The second kappa shape index (κ2) is 8.32. The summed E-state index contributed by atoms with van der Waals surface area (Å²) in [5.74, 6) is 0.809. The standard InChI is InChI=1S/C21H19F2N3O2S/c1-12(19(27)25-16-8-4-5-9-17(16)28-21(22)23)29-20-14-6-2-3-7-15(14)24-18(26-20)13-10-11-13/h2-9,12-13,21H,10-11H2,1H3,(H,25,27). The number of hydrogen-bond acceptors (Lipinski definition) is 5. The fourth-order valence-electron chi connectivity index (χ4n) is 2.90. The molecule has 1 aliphatic carbocycles. The number of rotatable bonds is 7. The van der Waals surface area contributed by atoms with Gasteiger partial charge in [0.1, 0.15) is 16.6 Å². The van der Waals surface area contributed by atoms with Gasteiger partial charge in [-0.05, 0) is 38.0 Å². The van der Waals surface area contributed by atoms with Crippen LogP contribution in [-0.2, 0) is 4.79 Å². The number of amides is 1. The Labute approximate surface area is 170 Å². The molecule has 29 heavy (non-hydrogen) atoms. The first-order valence-electron chi connectivity index (χ1n) is 9.29. The number of nitrogens with one attached hydrogen (secondary N) is 1. The summed E-state index contributed by atoms with van der Waals surface area (Å²) in [6, 6.07) is 13.8. The zero-order valence-corrected chi connectivity index (χ0v) is 16.5. The fourth-order valence-corrected chi connectivity index (χ4v) is 3.85. The number of thioether (sulfide) groups is 1. The Bertz CT molecular complexity index is 1040. The number of alkyl halides is 2. The molecule has 1 aliphatic rings. The van der Waals surface area contributed by atoms with Gasteiger partial charge in [0.05, 0.1) is 16.5 Å². The summed E-state index contributed by atoms with van der Waals surface area (Å²) in [5.41, 5.74) is 1.06. The van der Waals surface area contributed by atoms with Gasteiger partial charge in [0.2, 0.25) is 5.91 Å². The van der Waals surface area contributed by atoms with Crippen LogP contribution in [0.5, 0.6) is 5.75 Å². The van der Waals surface area contributed by atoms with Crippen molar-refractivity contribution in [2.24, 2.45) is 0 Å². The maximum atomic E-state index is 12.7. The highest BCUT2D eigenvalue weighted by Gasteiger charge is 2.28. The van der Waals surface area contributed by atoms with E-state index in [-0.39, 0.29) is 17.3 Å². The Morgan fingerprint density at radius 3 is 2.62 bits per heavy atom. The van der Waals surface area contributed by atoms with Crippen molar-refractivity contribution in [3.8, 4) is 5.75 Å². The van der Waals surface area contributed by atoms with Crippen LogP contribution in [0, 0.1) is 0 Å². The molecule has 0 radical (unpaired) electrons. The number of nitrogens with zero attached hydrogens (tertiary/aromatic N) is 2. The van der Waals surface area contributed by atoms with Crippen molar-refractivity contribution < 1.29 is 18.3 Å². The zero-order valence-electron chi connectivity index (χ0n) is 15.6. The summed E-state index contributed by atoms with van der Waals surface area (Å²) < 4.78 is 29.6. The molecule has 0 aliphatic heterocycles. The molecule has 8 heteroatoms. The number of carbonyl (C=O) groups is 1. The molecule has 1 heterocycles. The molecule has 1 amide bonds. The normalized spacial score (nSPS) is 14.8. The van der Waals surface area contributed by atoms with Crippen LogP contribution in [-0.4, -0.2) is 27.7 Å². The van der Waals surface area contributed by atoms with Crippen LogP contribution in [0.2, 0.25) is 0 Å². The molecule has 0 saturated heterocycles. The van der Waals surface area contributed by atoms with Gasteiger partial charge in [0.15, 0.2) is 0 Å². The molecule has 2 aromatic carbocycles. The van der Waals surface area contributed by atoms with Gasteiger partial charge in [-0.3, -0.25) is 4.79 Å². The predicted molar refractivity (Wildman–Crippen MR) is 109 cm³/mol. The lowest BCUT2D eigenvalue weighted by molar-refractivity contribution is -0.115. The Morgan fingerprint density at radius 2 is 1.86 bits per heavy atom. The van der Waals surface area contributed by atoms with E-state index in [1.54, 1.807) is 19.1 Å². The maximum absolute atomic E-state index is 12.7. The first-order chi connectivity index (χ1) is 14.0. The second-order valence-corrected chi connectivity index (χ2v) is 8.13. The number of halogens is 2. The highest BCUT2D eigenvalue weighted by atomic mass is 32.2. The molecule has 1 unspecified atom stereocenters. The van der Waals surface area contributed by atoms with E-state index in [1.165, 1.54) is 23.9 Å². The molecule has 1 saturated carbocycles. The van der Waals surface area contributed by atoms with Crippen molar-refractivity contribution in [1.82, 2.24) is 9.97 Å². The van der Waals surface area contributed by atoms with Gasteiger partial charge < -0.3 is 10.1 Å². The lowest BCUT2D eigenvalue weighted by Crippen LogP contribution is -2.23. The topological polar surface area (TPSA) is 64.1 Å². The van der Waals surface area contributed by atoms with Crippen molar-refractivity contribution in [2.45, 2.75) is 42.6 Å². The second-order valence-electron chi connectivity index (χ2n) is 6.80. The monoisotopic (exact) mass is 415 g/mol. The van der Waals surface area contributed by atoms with E-state index in [9.17, 15) is 13.6 Å². The lowest BCUT2D eigenvalue weighted by atomic mass is 10.2. The molecule has 3 aromatic rings. The van der Waals surface area contributed by atoms with Crippen molar-refractivity contribution in [3.63, 3.8) is 0 Å². The van der Waals surface area contributed by atoms with Gasteiger partial charge in [-0.1, -0.05) is 42.1 Å². The Morgan fingerprint density at radius 1 is 1.14 bits per heavy atom. The molecule has 0 spiro atoms. The summed E-state index contributed by atoms with van der Waals surface area (Å²) in [4.78, 5) is 22.0. The Balaban J connectivity index is 1.54. The minimum atomic E-state index is -2.96. The van der Waals surface area contributed by atoms with Gasteiger partial charge in [0, 0.05) is 11.3 Å². The fraction of sp³-hybridized carbons (Fsp3) is 0.286.